The van der Waals surface area contributed by atoms with Crippen LogP contribution in [0.1, 0.15) is 35.9 Å². The van der Waals surface area contributed by atoms with E-state index in [0.717, 1.165) is 29.9 Å². The Balaban J connectivity index is 1.88. The molecular weight excluding hydrogens is 324 g/mol. The number of nitrogens with zero attached hydrogens (tertiary/aromatic N) is 2. The molecule has 0 bridgehead atoms. The second-order valence-electron chi connectivity index (χ2n) is 5.88. The minimum atomic E-state index is -1.11. The van der Waals surface area contributed by atoms with Crippen LogP contribution in [0.15, 0.2) is 42.5 Å². The lowest BCUT2D eigenvalue weighted by molar-refractivity contribution is 0.0731. The van der Waals surface area contributed by atoms with E-state index in [1.165, 1.54) is 17.0 Å². The minimum Gasteiger partial charge on any atom is -0.340 e. The quantitative estimate of drug-likeness (QED) is 0.726. The molecule has 25 heavy (non-hydrogen) atoms. The van der Waals surface area contributed by atoms with Crippen molar-refractivity contribution in [2.75, 3.05) is 6.54 Å². The number of benzene rings is 2. The van der Waals surface area contributed by atoms with Gasteiger partial charge in [-0.2, -0.15) is 0 Å². The first-order chi connectivity index (χ1) is 12.1. The molecule has 0 saturated carbocycles. The Morgan fingerprint density at radius 2 is 1.96 bits per heavy atom. The second kappa shape index (κ2) is 7.42. The van der Waals surface area contributed by atoms with Crippen molar-refractivity contribution in [2.45, 2.75) is 26.3 Å². The van der Waals surface area contributed by atoms with E-state index in [2.05, 4.69) is 9.97 Å². The lowest BCUT2D eigenvalue weighted by atomic mass is 10.1. The summed E-state index contributed by atoms with van der Waals surface area (Å²) in [5.41, 5.74) is 1.42. The molecule has 0 unspecified atom stereocenters. The van der Waals surface area contributed by atoms with Gasteiger partial charge in [-0.25, -0.2) is 13.8 Å². The van der Waals surface area contributed by atoms with Crippen LogP contribution in [0.25, 0.3) is 11.0 Å². The third kappa shape index (κ3) is 3.68. The fourth-order valence-corrected chi connectivity index (χ4v) is 2.70. The maximum Gasteiger partial charge on any atom is 0.257 e. The Bertz CT molecular complexity index is 858. The first-order valence-electron chi connectivity index (χ1n) is 8.27. The summed E-state index contributed by atoms with van der Waals surface area (Å²) in [6.07, 6.45) is 1.65. The first kappa shape index (κ1) is 17.1. The van der Waals surface area contributed by atoms with Crippen LogP contribution in [-0.4, -0.2) is 27.3 Å². The van der Waals surface area contributed by atoms with E-state index in [0.29, 0.717) is 12.4 Å². The Hall–Kier alpha value is -2.76. The highest BCUT2D eigenvalue weighted by Crippen LogP contribution is 2.17. The van der Waals surface area contributed by atoms with Gasteiger partial charge in [0.05, 0.1) is 23.1 Å². The summed E-state index contributed by atoms with van der Waals surface area (Å²) in [5, 5.41) is 0. The standard InChI is InChI=1S/C19H19F2N3O/c1-2-3-11-24(19(25)13-7-6-8-14(20)18(13)21)12-17-22-15-9-4-5-10-16(15)23-17/h4-10H,2-3,11-12H2,1H3,(H,22,23). The number of halogens is 2. The number of carbonyl (C=O) groups excluding carboxylic acids is 1. The number of aromatic nitrogens is 2. The van der Waals surface area contributed by atoms with Gasteiger partial charge in [0.1, 0.15) is 5.82 Å². The second-order valence-corrected chi connectivity index (χ2v) is 5.88. The van der Waals surface area contributed by atoms with Crippen molar-refractivity contribution in [1.82, 2.24) is 14.9 Å². The van der Waals surface area contributed by atoms with E-state index in [1.54, 1.807) is 0 Å². The van der Waals surface area contributed by atoms with Crippen molar-refractivity contribution in [1.29, 1.82) is 0 Å². The van der Waals surface area contributed by atoms with Gasteiger partial charge in [-0.05, 0) is 30.7 Å². The molecular formula is C19H19F2N3O. The highest BCUT2D eigenvalue weighted by molar-refractivity contribution is 5.94. The predicted molar refractivity (Wildman–Crippen MR) is 92.1 cm³/mol. The maximum atomic E-state index is 14.0. The summed E-state index contributed by atoms with van der Waals surface area (Å²) in [7, 11) is 0. The number of nitrogens with one attached hydrogen (secondary N) is 1. The fraction of sp³-hybridized carbons (Fsp3) is 0.263. The number of para-hydroxylation sites is 2. The smallest absolute Gasteiger partial charge is 0.257 e. The highest BCUT2D eigenvalue weighted by atomic mass is 19.2. The van der Waals surface area contributed by atoms with E-state index in [-0.39, 0.29) is 12.1 Å². The van der Waals surface area contributed by atoms with Crippen LogP contribution < -0.4 is 0 Å². The molecule has 1 heterocycles. The number of fused-ring (bicyclic) bond motifs is 1. The SMILES string of the molecule is CCCCN(Cc1nc2ccccc2[nH]1)C(=O)c1cccc(F)c1F. The largest absolute Gasteiger partial charge is 0.340 e. The highest BCUT2D eigenvalue weighted by Gasteiger charge is 2.22. The van der Waals surface area contributed by atoms with E-state index < -0.39 is 17.5 Å². The Morgan fingerprint density at radius 1 is 1.16 bits per heavy atom. The zero-order valence-corrected chi connectivity index (χ0v) is 13.9. The zero-order valence-electron chi connectivity index (χ0n) is 13.9. The average molecular weight is 343 g/mol. The molecule has 4 nitrogen and oxygen atoms in total. The first-order valence-corrected chi connectivity index (χ1v) is 8.27. The normalized spacial score (nSPS) is 11.0. The molecule has 0 fully saturated rings. The van der Waals surface area contributed by atoms with Crippen molar-refractivity contribution in [3.8, 4) is 0 Å². The van der Waals surface area contributed by atoms with E-state index in [4.69, 9.17) is 0 Å². The molecule has 0 aliphatic carbocycles. The van der Waals surface area contributed by atoms with Gasteiger partial charge in [0.15, 0.2) is 11.6 Å². The summed E-state index contributed by atoms with van der Waals surface area (Å²) in [5.74, 6) is -2.06. The molecule has 1 aromatic heterocycles. The topological polar surface area (TPSA) is 49.0 Å². The zero-order chi connectivity index (χ0) is 17.8. The van der Waals surface area contributed by atoms with Crippen LogP contribution in [0.3, 0.4) is 0 Å². The Kier molecular flexibility index (Phi) is 5.07. The number of aromatic amines is 1. The molecule has 1 N–H and O–H groups in total. The van der Waals surface area contributed by atoms with Crippen LogP contribution in [-0.2, 0) is 6.54 Å². The van der Waals surface area contributed by atoms with Crippen molar-refractivity contribution in [2.24, 2.45) is 0 Å². The fourth-order valence-electron chi connectivity index (χ4n) is 2.70. The molecule has 0 atom stereocenters. The van der Waals surface area contributed by atoms with Gasteiger partial charge >= 0.3 is 0 Å². The molecule has 0 saturated heterocycles. The number of imidazole rings is 1. The van der Waals surface area contributed by atoms with Crippen molar-refractivity contribution in [3.05, 3.63) is 65.5 Å². The van der Waals surface area contributed by atoms with Crippen LogP contribution >= 0.6 is 0 Å². The molecule has 6 heteroatoms. The van der Waals surface area contributed by atoms with Gasteiger partial charge in [-0.1, -0.05) is 31.5 Å². The Labute approximate surface area is 144 Å². The molecule has 0 radical (unpaired) electrons. The van der Waals surface area contributed by atoms with E-state index in [9.17, 15) is 13.6 Å². The molecule has 130 valence electrons. The molecule has 3 aromatic rings. The van der Waals surface area contributed by atoms with Crippen LogP contribution in [0.2, 0.25) is 0 Å². The minimum absolute atomic E-state index is 0.212. The summed E-state index contributed by atoms with van der Waals surface area (Å²) in [6, 6.07) is 11.2. The van der Waals surface area contributed by atoms with Crippen molar-refractivity contribution in [3.63, 3.8) is 0 Å². The number of H-pyrrole nitrogens is 1. The lowest BCUT2D eigenvalue weighted by Crippen LogP contribution is -2.32. The van der Waals surface area contributed by atoms with Crippen molar-refractivity contribution < 1.29 is 13.6 Å². The predicted octanol–water partition coefficient (Wildman–Crippen LogP) is 4.28. The third-order valence-electron chi connectivity index (χ3n) is 4.03. The number of carbonyl (C=O) groups is 1. The number of hydrogen-bond donors (Lipinski definition) is 1. The molecule has 0 spiro atoms. The summed E-state index contributed by atoms with van der Waals surface area (Å²) in [6.45, 7) is 2.67. The number of hydrogen-bond acceptors (Lipinski definition) is 2. The van der Waals surface area contributed by atoms with Crippen molar-refractivity contribution >= 4 is 16.9 Å². The number of unbranched alkanes of at least 4 members (excludes halogenated alkanes) is 1. The molecule has 1 amide bonds. The Morgan fingerprint density at radius 3 is 2.72 bits per heavy atom. The summed E-state index contributed by atoms with van der Waals surface area (Å²) >= 11 is 0. The average Bonchev–Trinajstić information content (AvgIpc) is 3.03. The van der Waals surface area contributed by atoms with Crippen LogP contribution in [0, 0.1) is 11.6 Å². The third-order valence-corrected chi connectivity index (χ3v) is 4.03. The van der Waals surface area contributed by atoms with E-state index in [1.807, 2.05) is 31.2 Å². The molecule has 0 aliphatic heterocycles. The molecule has 3 rings (SSSR count). The van der Waals surface area contributed by atoms with E-state index >= 15 is 0 Å². The summed E-state index contributed by atoms with van der Waals surface area (Å²) in [4.78, 5) is 21.8. The van der Waals surface area contributed by atoms with Crippen LogP contribution in [0.4, 0.5) is 8.78 Å². The summed E-state index contributed by atoms with van der Waals surface area (Å²) < 4.78 is 27.5. The van der Waals surface area contributed by atoms with Gasteiger partial charge in [-0.3, -0.25) is 4.79 Å². The van der Waals surface area contributed by atoms with Gasteiger partial charge in [0, 0.05) is 6.54 Å². The monoisotopic (exact) mass is 343 g/mol. The van der Waals surface area contributed by atoms with Gasteiger partial charge in [-0.15, -0.1) is 0 Å². The maximum absolute atomic E-state index is 14.0. The number of amides is 1. The van der Waals surface area contributed by atoms with Gasteiger partial charge in [0.25, 0.3) is 5.91 Å². The number of rotatable bonds is 6. The molecule has 0 aliphatic rings. The van der Waals surface area contributed by atoms with Crippen LogP contribution in [0.5, 0.6) is 0 Å². The van der Waals surface area contributed by atoms with Gasteiger partial charge < -0.3 is 9.88 Å². The van der Waals surface area contributed by atoms with Gasteiger partial charge in [0.2, 0.25) is 0 Å². The molecule has 2 aromatic carbocycles. The lowest BCUT2D eigenvalue weighted by Gasteiger charge is -2.22.